The molecular formula is C13H15ClN4O4S. The lowest BCUT2D eigenvalue weighted by Gasteiger charge is -2.15. The number of hydrogen-bond acceptors (Lipinski definition) is 6. The number of hydrogen-bond donors (Lipinski definition) is 1. The molecular weight excluding hydrogens is 344 g/mol. The van der Waals surface area contributed by atoms with E-state index in [9.17, 15) is 13.2 Å². The van der Waals surface area contributed by atoms with E-state index in [-0.39, 0.29) is 33.4 Å². The van der Waals surface area contributed by atoms with Crippen LogP contribution in [0.5, 0.6) is 0 Å². The summed E-state index contributed by atoms with van der Waals surface area (Å²) in [5.41, 5.74) is 0.303. The summed E-state index contributed by atoms with van der Waals surface area (Å²) in [6.07, 6.45) is 1.99. The number of nitrogens with zero attached hydrogens (tertiary/aromatic N) is 3. The Morgan fingerprint density at radius 1 is 1.30 bits per heavy atom. The smallest absolute Gasteiger partial charge is 0.242 e. The van der Waals surface area contributed by atoms with Crippen LogP contribution < -0.4 is 4.72 Å². The Labute approximate surface area is 137 Å². The van der Waals surface area contributed by atoms with Gasteiger partial charge in [0.2, 0.25) is 15.9 Å². The molecule has 1 aromatic carbocycles. The van der Waals surface area contributed by atoms with Gasteiger partial charge in [0.1, 0.15) is 4.90 Å². The summed E-state index contributed by atoms with van der Waals surface area (Å²) in [5, 5.41) is 7.47. The largest absolute Gasteiger partial charge is 0.343 e. The first-order valence-electron chi connectivity index (χ1n) is 7.17. The highest BCUT2D eigenvalue weighted by molar-refractivity contribution is 7.89. The molecule has 2 aromatic rings. The quantitative estimate of drug-likeness (QED) is 0.777. The molecule has 3 rings (SSSR count). The Bertz CT molecular complexity index is 836. The summed E-state index contributed by atoms with van der Waals surface area (Å²) in [6.45, 7) is 1.51. The third kappa shape index (κ3) is 3.31. The standard InChI is InChI=1S/C13H15ClN4O4S/c14-9-4-5-10(13-12(9)16-22-17-13)23(20,21)15-6-2-8-18-7-1-3-11(18)19/h4-5,15H,1-3,6-8H2. The summed E-state index contributed by atoms with van der Waals surface area (Å²) in [5.74, 6) is 0.126. The maximum absolute atomic E-state index is 12.4. The fraction of sp³-hybridized carbons (Fsp3) is 0.462. The van der Waals surface area contributed by atoms with Crippen molar-refractivity contribution < 1.29 is 17.8 Å². The molecule has 1 aliphatic heterocycles. The number of likely N-dealkylation sites (tertiary alicyclic amines) is 1. The lowest BCUT2D eigenvalue weighted by Crippen LogP contribution is -2.30. The zero-order valence-electron chi connectivity index (χ0n) is 12.2. The zero-order valence-corrected chi connectivity index (χ0v) is 13.7. The predicted octanol–water partition coefficient (Wildman–Crippen LogP) is 1.17. The van der Waals surface area contributed by atoms with Crippen LogP contribution in [0.1, 0.15) is 19.3 Å². The third-order valence-corrected chi connectivity index (χ3v) is 5.48. The van der Waals surface area contributed by atoms with Gasteiger partial charge in [-0.1, -0.05) is 11.6 Å². The molecule has 1 aromatic heterocycles. The van der Waals surface area contributed by atoms with Gasteiger partial charge in [0, 0.05) is 26.1 Å². The van der Waals surface area contributed by atoms with Gasteiger partial charge in [-0.3, -0.25) is 4.79 Å². The van der Waals surface area contributed by atoms with Crippen molar-refractivity contribution in [3.05, 3.63) is 17.2 Å². The summed E-state index contributed by atoms with van der Waals surface area (Å²) >= 11 is 5.92. The normalized spacial score (nSPS) is 15.7. The van der Waals surface area contributed by atoms with E-state index in [1.54, 1.807) is 4.90 Å². The van der Waals surface area contributed by atoms with Crippen molar-refractivity contribution >= 4 is 38.6 Å². The van der Waals surface area contributed by atoms with E-state index in [0.29, 0.717) is 19.4 Å². The van der Waals surface area contributed by atoms with E-state index >= 15 is 0 Å². The number of fused-ring (bicyclic) bond motifs is 1. The summed E-state index contributed by atoms with van der Waals surface area (Å²) in [4.78, 5) is 13.2. The average molecular weight is 359 g/mol. The van der Waals surface area contributed by atoms with E-state index < -0.39 is 10.0 Å². The Kier molecular flexibility index (Phi) is 4.51. The fourth-order valence-electron chi connectivity index (χ4n) is 2.53. The molecule has 1 fully saturated rings. The number of nitrogens with one attached hydrogen (secondary N) is 1. The van der Waals surface area contributed by atoms with Gasteiger partial charge < -0.3 is 4.90 Å². The number of carbonyl (C=O) groups excluding carboxylic acids is 1. The summed E-state index contributed by atoms with van der Waals surface area (Å²) in [6, 6.07) is 2.80. The lowest BCUT2D eigenvalue weighted by molar-refractivity contribution is -0.127. The molecule has 10 heteroatoms. The van der Waals surface area contributed by atoms with Crippen LogP contribution in [0.4, 0.5) is 0 Å². The van der Waals surface area contributed by atoms with E-state index in [0.717, 1.165) is 13.0 Å². The molecule has 0 radical (unpaired) electrons. The second kappa shape index (κ2) is 6.42. The molecule has 0 saturated carbocycles. The highest BCUT2D eigenvalue weighted by Crippen LogP contribution is 2.26. The number of amides is 1. The van der Waals surface area contributed by atoms with Crippen molar-refractivity contribution in [3.8, 4) is 0 Å². The minimum absolute atomic E-state index is 0.0320. The number of carbonyl (C=O) groups is 1. The third-order valence-electron chi connectivity index (χ3n) is 3.69. The van der Waals surface area contributed by atoms with E-state index in [1.165, 1.54) is 12.1 Å². The van der Waals surface area contributed by atoms with Gasteiger partial charge in [-0.15, -0.1) is 0 Å². The first-order valence-corrected chi connectivity index (χ1v) is 9.03. The SMILES string of the molecule is O=C1CCCN1CCCNS(=O)(=O)c1ccc(Cl)c2nonc12. The van der Waals surface area contributed by atoms with Gasteiger partial charge in [0.25, 0.3) is 0 Å². The Hall–Kier alpha value is -1.71. The molecule has 8 nitrogen and oxygen atoms in total. The summed E-state index contributed by atoms with van der Waals surface area (Å²) < 4.78 is 31.8. The minimum atomic E-state index is -3.76. The van der Waals surface area contributed by atoms with Gasteiger partial charge in [0.05, 0.1) is 5.02 Å². The van der Waals surface area contributed by atoms with Crippen LogP contribution in [-0.4, -0.2) is 49.2 Å². The zero-order chi connectivity index (χ0) is 16.4. The number of benzene rings is 1. The molecule has 0 spiro atoms. The minimum Gasteiger partial charge on any atom is -0.343 e. The molecule has 1 saturated heterocycles. The molecule has 1 amide bonds. The molecule has 0 aliphatic carbocycles. The van der Waals surface area contributed by atoms with Crippen molar-refractivity contribution in [1.82, 2.24) is 19.9 Å². The first kappa shape index (κ1) is 16.2. The van der Waals surface area contributed by atoms with Crippen LogP contribution in [0, 0.1) is 0 Å². The molecule has 1 N–H and O–H groups in total. The van der Waals surface area contributed by atoms with Gasteiger partial charge >= 0.3 is 0 Å². The second-order valence-electron chi connectivity index (χ2n) is 5.24. The van der Waals surface area contributed by atoms with E-state index in [1.807, 2.05) is 0 Å². The van der Waals surface area contributed by atoms with Gasteiger partial charge in [-0.05, 0) is 35.3 Å². The predicted molar refractivity (Wildman–Crippen MR) is 82.4 cm³/mol. The summed E-state index contributed by atoms with van der Waals surface area (Å²) in [7, 11) is -3.76. The van der Waals surface area contributed by atoms with Crippen LogP contribution >= 0.6 is 11.6 Å². The Morgan fingerprint density at radius 3 is 2.83 bits per heavy atom. The maximum atomic E-state index is 12.4. The molecule has 2 heterocycles. The Morgan fingerprint density at radius 2 is 2.09 bits per heavy atom. The highest BCUT2D eigenvalue weighted by Gasteiger charge is 2.22. The maximum Gasteiger partial charge on any atom is 0.242 e. The molecule has 0 unspecified atom stereocenters. The molecule has 0 atom stereocenters. The first-order chi connectivity index (χ1) is 11.0. The van der Waals surface area contributed by atoms with Crippen molar-refractivity contribution in [2.45, 2.75) is 24.2 Å². The monoisotopic (exact) mass is 358 g/mol. The van der Waals surface area contributed by atoms with Gasteiger partial charge in [-0.25, -0.2) is 17.8 Å². The topological polar surface area (TPSA) is 105 Å². The number of rotatable bonds is 6. The lowest BCUT2D eigenvalue weighted by atomic mass is 10.3. The van der Waals surface area contributed by atoms with Crippen molar-refractivity contribution in [2.24, 2.45) is 0 Å². The molecule has 23 heavy (non-hydrogen) atoms. The van der Waals surface area contributed by atoms with E-state index in [2.05, 4.69) is 19.7 Å². The van der Waals surface area contributed by atoms with Gasteiger partial charge in [-0.2, -0.15) is 0 Å². The highest BCUT2D eigenvalue weighted by atomic mass is 35.5. The number of aromatic nitrogens is 2. The number of halogens is 1. The van der Waals surface area contributed by atoms with Crippen LogP contribution in [0.2, 0.25) is 5.02 Å². The van der Waals surface area contributed by atoms with Crippen molar-refractivity contribution in [3.63, 3.8) is 0 Å². The van der Waals surface area contributed by atoms with Crippen LogP contribution in [0.15, 0.2) is 21.7 Å². The van der Waals surface area contributed by atoms with Crippen LogP contribution in [0.3, 0.4) is 0 Å². The van der Waals surface area contributed by atoms with Crippen LogP contribution in [0.25, 0.3) is 11.0 Å². The van der Waals surface area contributed by atoms with Crippen LogP contribution in [-0.2, 0) is 14.8 Å². The van der Waals surface area contributed by atoms with Gasteiger partial charge in [0.15, 0.2) is 11.0 Å². The van der Waals surface area contributed by atoms with E-state index in [4.69, 9.17) is 11.6 Å². The molecule has 0 bridgehead atoms. The average Bonchev–Trinajstić information content (AvgIpc) is 3.13. The number of sulfonamides is 1. The molecule has 124 valence electrons. The van der Waals surface area contributed by atoms with Crippen molar-refractivity contribution in [2.75, 3.05) is 19.6 Å². The second-order valence-corrected chi connectivity index (χ2v) is 7.39. The molecule has 1 aliphatic rings. The Balaban J connectivity index is 1.65. The van der Waals surface area contributed by atoms with Crippen molar-refractivity contribution in [1.29, 1.82) is 0 Å². The fourth-order valence-corrected chi connectivity index (χ4v) is 3.92.